The third-order valence-electron chi connectivity index (χ3n) is 3.03. The number of ketones is 2. The Labute approximate surface area is 130 Å². The topological polar surface area (TPSA) is 52.6 Å². The van der Waals surface area contributed by atoms with Gasteiger partial charge in [0.05, 0.1) is 13.2 Å². The molecule has 5 heteroatoms. The number of ether oxygens (including phenoxy) is 2. The minimum atomic E-state index is -2.24. The van der Waals surface area contributed by atoms with Gasteiger partial charge in [-0.25, -0.2) is 4.39 Å². The van der Waals surface area contributed by atoms with Crippen LogP contribution in [-0.4, -0.2) is 31.0 Å². The van der Waals surface area contributed by atoms with Gasteiger partial charge in [0.2, 0.25) is 12.0 Å². The van der Waals surface area contributed by atoms with Crippen LogP contribution >= 0.6 is 0 Å². The van der Waals surface area contributed by atoms with Crippen molar-refractivity contribution in [3.8, 4) is 11.5 Å². The first-order chi connectivity index (χ1) is 10.2. The molecule has 0 aliphatic rings. The zero-order valence-corrected chi connectivity index (χ0v) is 13.7. The lowest BCUT2D eigenvalue weighted by Gasteiger charge is -2.20. The van der Waals surface area contributed by atoms with Crippen LogP contribution in [0.15, 0.2) is 18.2 Å². The number of rotatable bonds is 7. The normalized spacial score (nSPS) is 12.6. The van der Waals surface area contributed by atoms with Crippen LogP contribution in [-0.2, 0) is 4.79 Å². The van der Waals surface area contributed by atoms with E-state index >= 15 is 0 Å². The van der Waals surface area contributed by atoms with Crippen LogP contribution in [0.5, 0.6) is 11.5 Å². The van der Waals surface area contributed by atoms with Gasteiger partial charge in [0.25, 0.3) is 0 Å². The van der Waals surface area contributed by atoms with Crippen LogP contribution in [0.4, 0.5) is 4.39 Å². The minimum absolute atomic E-state index is 0.0173. The highest BCUT2D eigenvalue weighted by Gasteiger charge is 2.37. The minimum Gasteiger partial charge on any atom is -0.493 e. The molecule has 0 aliphatic carbocycles. The van der Waals surface area contributed by atoms with E-state index in [0.29, 0.717) is 13.2 Å². The van der Waals surface area contributed by atoms with E-state index in [4.69, 9.17) is 9.47 Å². The summed E-state index contributed by atoms with van der Waals surface area (Å²) in [7, 11) is 0. The number of halogens is 1. The predicted octanol–water partition coefficient (Wildman–Crippen LogP) is 3.62. The first-order valence-corrected chi connectivity index (χ1v) is 7.35. The van der Waals surface area contributed by atoms with E-state index in [9.17, 15) is 14.0 Å². The molecule has 0 aromatic heterocycles. The van der Waals surface area contributed by atoms with Crippen molar-refractivity contribution in [1.29, 1.82) is 0 Å². The quantitative estimate of drug-likeness (QED) is 0.570. The fourth-order valence-electron chi connectivity index (χ4n) is 1.93. The summed E-state index contributed by atoms with van der Waals surface area (Å²) < 4.78 is 25.2. The largest absolute Gasteiger partial charge is 0.493 e. The molecule has 0 spiro atoms. The summed E-state index contributed by atoms with van der Waals surface area (Å²) in [6.45, 7) is 8.89. The summed E-state index contributed by atoms with van der Waals surface area (Å²) >= 11 is 0. The molecular weight excluding hydrogens is 287 g/mol. The molecule has 1 atom stereocenters. The van der Waals surface area contributed by atoms with E-state index in [1.54, 1.807) is 52.8 Å². The van der Waals surface area contributed by atoms with E-state index < -0.39 is 23.2 Å². The Bertz CT molecular complexity index is 522. The van der Waals surface area contributed by atoms with Gasteiger partial charge in [-0.3, -0.25) is 9.59 Å². The fourth-order valence-corrected chi connectivity index (χ4v) is 1.93. The van der Waals surface area contributed by atoms with Crippen LogP contribution < -0.4 is 9.47 Å². The molecule has 0 bridgehead atoms. The maximum atomic E-state index is 14.4. The maximum Gasteiger partial charge on any atom is 0.221 e. The molecular formula is C17H23FO4. The van der Waals surface area contributed by atoms with Crippen molar-refractivity contribution in [1.82, 2.24) is 0 Å². The van der Waals surface area contributed by atoms with Gasteiger partial charge in [-0.2, -0.15) is 0 Å². The smallest absolute Gasteiger partial charge is 0.221 e. The Morgan fingerprint density at radius 1 is 1.09 bits per heavy atom. The first-order valence-electron chi connectivity index (χ1n) is 7.35. The van der Waals surface area contributed by atoms with Crippen molar-refractivity contribution in [3.63, 3.8) is 0 Å². The molecule has 0 saturated carbocycles. The van der Waals surface area contributed by atoms with Crippen molar-refractivity contribution in [3.05, 3.63) is 23.8 Å². The summed E-state index contributed by atoms with van der Waals surface area (Å²) in [6.07, 6.45) is -2.24. The van der Waals surface area contributed by atoms with E-state index in [1.165, 1.54) is 0 Å². The molecule has 1 aromatic carbocycles. The van der Waals surface area contributed by atoms with E-state index in [-0.39, 0.29) is 17.1 Å². The fraction of sp³-hybridized carbons (Fsp3) is 0.529. The highest BCUT2D eigenvalue weighted by molar-refractivity contribution is 6.16. The Hall–Kier alpha value is -1.91. The molecule has 22 heavy (non-hydrogen) atoms. The van der Waals surface area contributed by atoms with Gasteiger partial charge in [0.1, 0.15) is 17.1 Å². The second-order valence-corrected chi connectivity index (χ2v) is 5.84. The van der Waals surface area contributed by atoms with Crippen LogP contribution in [0.25, 0.3) is 0 Å². The van der Waals surface area contributed by atoms with Gasteiger partial charge in [0.15, 0.2) is 5.78 Å². The zero-order valence-electron chi connectivity index (χ0n) is 13.7. The van der Waals surface area contributed by atoms with Crippen molar-refractivity contribution in [2.75, 3.05) is 13.2 Å². The van der Waals surface area contributed by atoms with Crippen molar-refractivity contribution in [2.45, 2.75) is 40.8 Å². The van der Waals surface area contributed by atoms with Crippen LogP contribution in [0.2, 0.25) is 0 Å². The third kappa shape index (κ3) is 4.06. The average molecular weight is 310 g/mol. The Morgan fingerprint density at radius 2 is 1.55 bits per heavy atom. The second kappa shape index (κ2) is 7.38. The number of alkyl halides is 1. The SMILES string of the molecule is CCOc1cccc(OCC)c1C(=O)C(F)C(=O)C(C)(C)C. The second-order valence-electron chi connectivity index (χ2n) is 5.84. The highest BCUT2D eigenvalue weighted by Crippen LogP contribution is 2.32. The van der Waals surface area contributed by atoms with Gasteiger partial charge < -0.3 is 9.47 Å². The summed E-state index contributed by atoms with van der Waals surface area (Å²) in [4.78, 5) is 24.5. The molecule has 1 rings (SSSR count). The first kappa shape index (κ1) is 18.1. The predicted molar refractivity (Wildman–Crippen MR) is 82.5 cm³/mol. The number of hydrogen-bond acceptors (Lipinski definition) is 4. The molecule has 0 N–H and O–H groups in total. The lowest BCUT2D eigenvalue weighted by atomic mass is 9.85. The maximum absolute atomic E-state index is 14.4. The van der Waals surface area contributed by atoms with E-state index in [2.05, 4.69) is 0 Å². The lowest BCUT2D eigenvalue weighted by molar-refractivity contribution is -0.129. The number of benzene rings is 1. The van der Waals surface area contributed by atoms with E-state index in [1.807, 2.05) is 0 Å². The van der Waals surface area contributed by atoms with Crippen molar-refractivity contribution >= 4 is 11.6 Å². The average Bonchev–Trinajstić information content (AvgIpc) is 2.45. The monoisotopic (exact) mass is 310 g/mol. The summed E-state index contributed by atoms with van der Waals surface area (Å²) in [5.41, 5.74) is -0.960. The molecule has 0 radical (unpaired) electrons. The molecule has 0 saturated heterocycles. The van der Waals surface area contributed by atoms with Crippen LogP contribution in [0.3, 0.4) is 0 Å². The molecule has 122 valence electrons. The molecule has 0 aliphatic heterocycles. The lowest BCUT2D eigenvalue weighted by Crippen LogP contribution is -2.35. The van der Waals surface area contributed by atoms with Gasteiger partial charge in [-0.05, 0) is 26.0 Å². The van der Waals surface area contributed by atoms with E-state index in [0.717, 1.165) is 0 Å². The number of hydrogen-bond donors (Lipinski definition) is 0. The van der Waals surface area contributed by atoms with Crippen molar-refractivity contribution < 1.29 is 23.5 Å². The summed E-state index contributed by atoms with van der Waals surface area (Å²) in [5.74, 6) is -1.23. The van der Waals surface area contributed by atoms with Gasteiger partial charge in [0, 0.05) is 5.41 Å². The Morgan fingerprint density at radius 3 is 1.91 bits per heavy atom. The van der Waals surface area contributed by atoms with Gasteiger partial charge >= 0.3 is 0 Å². The Kier molecular flexibility index (Phi) is 6.09. The van der Waals surface area contributed by atoms with Crippen LogP contribution in [0.1, 0.15) is 45.0 Å². The van der Waals surface area contributed by atoms with Gasteiger partial charge in [-0.1, -0.05) is 26.8 Å². The zero-order chi connectivity index (χ0) is 16.9. The van der Waals surface area contributed by atoms with Crippen LogP contribution in [0, 0.1) is 5.41 Å². The number of carbonyl (C=O) groups excluding carboxylic acids is 2. The summed E-state index contributed by atoms with van der Waals surface area (Å²) in [6, 6.07) is 4.78. The summed E-state index contributed by atoms with van der Waals surface area (Å²) in [5, 5.41) is 0. The number of carbonyl (C=O) groups is 2. The third-order valence-corrected chi connectivity index (χ3v) is 3.03. The molecule has 1 unspecified atom stereocenters. The number of Topliss-reactive ketones (excluding diaryl/α,β-unsaturated/α-hetero) is 2. The molecule has 0 heterocycles. The Balaban J connectivity index is 3.27. The molecule has 1 aromatic rings. The highest BCUT2D eigenvalue weighted by atomic mass is 19.1. The molecule has 4 nitrogen and oxygen atoms in total. The van der Waals surface area contributed by atoms with Gasteiger partial charge in [-0.15, -0.1) is 0 Å². The molecule has 0 fully saturated rings. The molecule has 0 amide bonds. The standard InChI is InChI=1S/C17H23FO4/c1-6-21-11-9-8-10-12(22-7-2)13(11)15(19)14(18)16(20)17(3,4)5/h8-10,14H,6-7H2,1-5H3. The van der Waals surface area contributed by atoms with Crippen molar-refractivity contribution in [2.24, 2.45) is 5.41 Å².